The van der Waals surface area contributed by atoms with Crippen LogP contribution in [0.5, 0.6) is 11.5 Å². The van der Waals surface area contributed by atoms with E-state index >= 15 is 0 Å². The van der Waals surface area contributed by atoms with Crippen LogP contribution in [0.15, 0.2) is 65.6 Å². The number of carbonyl (C=O) groups excluding carboxylic acids is 3. The summed E-state index contributed by atoms with van der Waals surface area (Å²) in [6.45, 7) is 3.54. The van der Waals surface area contributed by atoms with Crippen LogP contribution in [-0.4, -0.2) is 35.2 Å². The highest BCUT2D eigenvalue weighted by Crippen LogP contribution is 2.36. The van der Waals surface area contributed by atoms with E-state index in [0.717, 1.165) is 22.2 Å². The molecule has 1 aliphatic heterocycles. The molecule has 3 amide bonds. The summed E-state index contributed by atoms with van der Waals surface area (Å²) in [5, 5.41) is 2.42. The Morgan fingerprint density at radius 1 is 1.08 bits per heavy atom. The largest absolute Gasteiger partial charge is 0.490 e. The van der Waals surface area contributed by atoms with Gasteiger partial charge in [0, 0.05) is 16.3 Å². The van der Waals surface area contributed by atoms with Gasteiger partial charge in [-0.15, -0.1) is 0 Å². The Labute approximate surface area is 228 Å². The van der Waals surface area contributed by atoms with Gasteiger partial charge in [0.15, 0.2) is 18.1 Å². The Kier molecular flexibility index (Phi) is 8.70. The van der Waals surface area contributed by atoms with Gasteiger partial charge in [0.05, 0.1) is 18.1 Å². The minimum Gasteiger partial charge on any atom is -0.490 e. The number of rotatable bonds is 9. The number of ether oxygens (including phenoxy) is 2. The third kappa shape index (κ3) is 6.35. The van der Waals surface area contributed by atoms with Crippen molar-refractivity contribution in [2.75, 3.05) is 18.5 Å². The molecule has 1 aliphatic rings. The Morgan fingerprint density at radius 3 is 2.61 bits per heavy atom. The molecule has 0 aliphatic carbocycles. The van der Waals surface area contributed by atoms with Gasteiger partial charge in [0.25, 0.3) is 17.1 Å². The molecule has 0 aromatic heterocycles. The van der Waals surface area contributed by atoms with E-state index < -0.39 is 17.0 Å². The summed E-state index contributed by atoms with van der Waals surface area (Å²) in [5.74, 6) is -0.737. The summed E-state index contributed by atoms with van der Waals surface area (Å²) in [4.78, 5) is 39.0. The zero-order valence-corrected chi connectivity index (χ0v) is 22.2. The van der Waals surface area contributed by atoms with Gasteiger partial charge in [0.1, 0.15) is 5.82 Å². The predicted molar refractivity (Wildman–Crippen MR) is 146 cm³/mol. The number of anilines is 1. The molecule has 1 saturated heterocycles. The van der Waals surface area contributed by atoms with Crippen molar-refractivity contribution in [1.29, 1.82) is 0 Å². The monoisotopic (exact) mass is 554 g/mol. The molecule has 0 atom stereocenters. The maximum absolute atomic E-state index is 14.2. The summed E-state index contributed by atoms with van der Waals surface area (Å²) < 4.78 is 25.6. The zero-order valence-electron chi connectivity index (χ0n) is 20.6. The van der Waals surface area contributed by atoms with Crippen molar-refractivity contribution < 1.29 is 28.2 Å². The second-order valence-corrected chi connectivity index (χ2v) is 9.66. The van der Waals surface area contributed by atoms with Crippen LogP contribution in [0.1, 0.15) is 23.6 Å². The van der Waals surface area contributed by atoms with Gasteiger partial charge >= 0.3 is 0 Å². The van der Waals surface area contributed by atoms with Crippen LogP contribution in [0.2, 0.25) is 5.02 Å². The lowest BCUT2D eigenvalue weighted by molar-refractivity contribution is -0.123. The molecular formula is C28H24ClFN2O5S. The fraction of sp³-hybridized carbons (Fsp3) is 0.179. The highest BCUT2D eigenvalue weighted by Gasteiger charge is 2.36. The molecule has 38 heavy (non-hydrogen) atoms. The molecule has 0 bridgehead atoms. The third-order valence-corrected chi connectivity index (χ3v) is 6.86. The Bertz CT molecular complexity index is 1410. The molecule has 7 nitrogen and oxygen atoms in total. The quantitative estimate of drug-likeness (QED) is 0.306. The summed E-state index contributed by atoms with van der Waals surface area (Å²) in [6.07, 6.45) is 1.55. The summed E-state index contributed by atoms with van der Waals surface area (Å²) in [6, 6.07) is 16.6. The summed E-state index contributed by atoms with van der Waals surface area (Å²) in [5.41, 5.74) is 2.29. The van der Waals surface area contributed by atoms with Crippen molar-refractivity contribution in [3.8, 4) is 11.5 Å². The van der Waals surface area contributed by atoms with E-state index in [1.54, 1.807) is 37.3 Å². The van der Waals surface area contributed by atoms with Crippen LogP contribution in [0.3, 0.4) is 0 Å². The molecule has 0 unspecified atom stereocenters. The number of amides is 3. The first-order chi connectivity index (χ1) is 18.3. The number of nitrogens with zero attached hydrogens (tertiary/aromatic N) is 1. The van der Waals surface area contributed by atoms with E-state index in [4.69, 9.17) is 21.1 Å². The van der Waals surface area contributed by atoms with Gasteiger partial charge in [-0.2, -0.15) is 0 Å². The van der Waals surface area contributed by atoms with Crippen molar-refractivity contribution in [3.63, 3.8) is 0 Å². The van der Waals surface area contributed by atoms with E-state index in [9.17, 15) is 18.8 Å². The normalized spacial score (nSPS) is 14.2. The molecule has 0 radical (unpaired) electrons. The lowest BCUT2D eigenvalue weighted by Gasteiger charge is -2.14. The molecule has 0 saturated carbocycles. The average Bonchev–Trinajstić information content (AvgIpc) is 3.14. The fourth-order valence-corrected chi connectivity index (χ4v) is 4.73. The number of hydrogen-bond acceptors (Lipinski definition) is 6. The van der Waals surface area contributed by atoms with Gasteiger partial charge < -0.3 is 14.8 Å². The van der Waals surface area contributed by atoms with Crippen molar-refractivity contribution >= 4 is 52.2 Å². The number of carbonyl (C=O) groups is 3. The summed E-state index contributed by atoms with van der Waals surface area (Å²) in [7, 11) is 0. The fourth-order valence-electron chi connectivity index (χ4n) is 3.67. The van der Waals surface area contributed by atoms with Gasteiger partial charge in [-0.25, -0.2) is 4.39 Å². The molecule has 196 valence electrons. The number of hydrogen-bond donors (Lipinski definition) is 1. The van der Waals surface area contributed by atoms with Crippen molar-refractivity contribution in [2.45, 2.75) is 20.4 Å². The number of halogens is 2. The first-order valence-corrected chi connectivity index (χ1v) is 12.9. The number of thioether (sulfide) groups is 1. The molecule has 3 aromatic rings. The van der Waals surface area contributed by atoms with E-state index in [-0.39, 0.29) is 34.6 Å². The topological polar surface area (TPSA) is 84.9 Å². The first-order valence-electron chi connectivity index (χ1n) is 11.7. The lowest BCUT2D eigenvalue weighted by atomic mass is 10.1. The van der Waals surface area contributed by atoms with Crippen LogP contribution in [0.25, 0.3) is 6.08 Å². The van der Waals surface area contributed by atoms with Gasteiger partial charge in [-0.1, -0.05) is 41.9 Å². The maximum Gasteiger partial charge on any atom is 0.293 e. The van der Waals surface area contributed by atoms with Crippen LogP contribution >= 0.6 is 23.4 Å². The van der Waals surface area contributed by atoms with Crippen molar-refractivity contribution in [2.24, 2.45) is 0 Å². The smallest absolute Gasteiger partial charge is 0.293 e. The third-order valence-electron chi connectivity index (χ3n) is 5.59. The van der Waals surface area contributed by atoms with E-state index in [1.165, 1.54) is 18.2 Å². The van der Waals surface area contributed by atoms with Crippen LogP contribution < -0.4 is 14.8 Å². The molecular weight excluding hydrogens is 531 g/mol. The van der Waals surface area contributed by atoms with Crippen LogP contribution in [0, 0.1) is 12.7 Å². The number of para-hydroxylation sites is 1. The molecule has 3 aromatic carbocycles. The predicted octanol–water partition coefficient (Wildman–Crippen LogP) is 6.44. The standard InChI is InChI=1S/C28H24ClFN2O5S/c1-3-36-24-13-18(11-12-23(24)37-16-26(33)31-22-10-5-4-7-17(22)2)14-25-27(34)32(28(35)38-25)15-19-20(29)8-6-9-21(19)30/h4-14H,3,15-16H2,1-2H3,(H,31,33)/b25-14-. The Balaban J connectivity index is 1.47. The second kappa shape index (κ2) is 12.1. The molecule has 10 heteroatoms. The van der Waals surface area contributed by atoms with Crippen molar-refractivity contribution in [1.82, 2.24) is 4.90 Å². The minimum absolute atomic E-state index is 0.0734. The van der Waals surface area contributed by atoms with Crippen molar-refractivity contribution in [3.05, 3.63) is 93.1 Å². The molecule has 0 spiro atoms. The molecule has 1 N–H and O–H groups in total. The summed E-state index contributed by atoms with van der Waals surface area (Å²) >= 11 is 6.82. The van der Waals surface area contributed by atoms with E-state index in [2.05, 4.69) is 5.32 Å². The first kappa shape index (κ1) is 27.2. The molecule has 4 rings (SSSR count). The lowest BCUT2D eigenvalue weighted by Crippen LogP contribution is -2.28. The van der Waals surface area contributed by atoms with Gasteiger partial charge in [-0.05, 0) is 73.1 Å². The van der Waals surface area contributed by atoms with E-state index in [0.29, 0.717) is 29.4 Å². The van der Waals surface area contributed by atoms with Crippen LogP contribution in [0.4, 0.5) is 14.9 Å². The Morgan fingerprint density at radius 2 is 1.87 bits per heavy atom. The molecule has 1 heterocycles. The maximum atomic E-state index is 14.2. The highest BCUT2D eigenvalue weighted by molar-refractivity contribution is 8.18. The highest BCUT2D eigenvalue weighted by atomic mass is 35.5. The number of nitrogens with one attached hydrogen (secondary N) is 1. The SMILES string of the molecule is CCOc1cc(/C=C2\SC(=O)N(Cc3c(F)cccc3Cl)C2=O)ccc1OCC(=O)Nc1ccccc1C. The number of benzene rings is 3. The Hall–Kier alpha value is -3.82. The second-order valence-electron chi connectivity index (χ2n) is 8.26. The van der Waals surface area contributed by atoms with Gasteiger partial charge in [-0.3, -0.25) is 19.3 Å². The number of aryl methyl sites for hydroxylation is 1. The van der Waals surface area contributed by atoms with Crippen LogP contribution in [-0.2, 0) is 16.1 Å². The average molecular weight is 555 g/mol. The van der Waals surface area contributed by atoms with Gasteiger partial charge in [0.2, 0.25) is 0 Å². The number of imide groups is 1. The zero-order chi connectivity index (χ0) is 27.2. The minimum atomic E-state index is -0.593. The van der Waals surface area contributed by atoms with E-state index in [1.807, 2.05) is 25.1 Å². The molecule has 1 fully saturated rings.